The monoisotopic (exact) mass is 326 g/mol. The van der Waals surface area contributed by atoms with E-state index in [4.69, 9.17) is 4.52 Å². The van der Waals surface area contributed by atoms with Crippen molar-refractivity contribution in [3.05, 3.63) is 42.0 Å². The highest BCUT2D eigenvalue weighted by Gasteiger charge is 2.37. The zero-order valence-electron chi connectivity index (χ0n) is 13.4. The molecule has 2 unspecified atom stereocenters. The van der Waals surface area contributed by atoms with E-state index < -0.39 is 0 Å². The van der Waals surface area contributed by atoms with Gasteiger partial charge in [-0.2, -0.15) is 4.98 Å². The van der Waals surface area contributed by atoms with Crippen molar-refractivity contribution in [2.24, 2.45) is 0 Å². The first kappa shape index (κ1) is 14.9. The summed E-state index contributed by atoms with van der Waals surface area (Å²) in [5, 5.41) is 4.06. The maximum absolute atomic E-state index is 12.3. The summed E-state index contributed by atoms with van der Waals surface area (Å²) in [5.41, 5.74) is 0.886. The van der Waals surface area contributed by atoms with Crippen molar-refractivity contribution in [1.82, 2.24) is 15.0 Å². The molecule has 2 atom stereocenters. The summed E-state index contributed by atoms with van der Waals surface area (Å²) in [6.45, 7) is 1.14. The molecule has 2 fully saturated rings. The lowest BCUT2D eigenvalue weighted by molar-refractivity contribution is -0.126. The van der Waals surface area contributed by atoms with Crippen molar-refractivity contribution < 1.29 is 14.1 Å². The summed E-state index contributed by atoms with van der Waals surface area (Å²) in [5.74, 6) is 1.07. The number of para-hydroxylation sites is 1. The van der Waals surface area contributed by atoms with E-state index in [9.17, 15) is 9.59 Å². The summed E-state index contributed by atoms with van der Waals surface area (Å²) in [7, 11) is 1.77. The quantitative estimate of drug-likeness (QED) is 0.855. The number of amides is 2. The van der Waals surface area contributed by atoms with Gasteiger partial charge in [-0.1, -0.05) is 23.4 Å². The van der Waals surface area contributed by atoms with Gasteiger partial charge in [0.25, 0.3) is 0 Å². The van der Waals surface area contributed by atoms with Gasteiger partial charge in [0.1, 0.15) is 0 Å². The van der Waals surface area contributed by atoms with Crippen molar-refractivity contribution in [3.63, 3.8) is 0 Å². The molecular weight excluding hydrogens is 308 g/mol. The normalized spacial score (nSPS) is 24.2. The smallest absolute Gasteiger partial charge is 0.232 e. The number of rotatable bonds is 3. The largest absolute Gasteiger partial charge is 0.345 e. The Morgan fingerprint density at radius 2 is 1.79 bits per heavy atom. The van der Waals surface area contributed by atoms with E-state index in [1.165, 1.54) is 0 Å². The maximum Gasteiger partial charge on any atom is 0.232 e. The molecule has 1 aromatic carbocycles. The van der Waals surface area contributed by atoms with Crippen molar-refractivity contribution in [3.8, 4) is 0 Å². The van der Waals surface area contributed by atoms with E-state index in [2.05, 4.69) is 10.1 Å². The minimum absolute atomic E-state index is 0.0499. The lowest BCUT2D eigenvalue weighted by Gasteiger charge is -2.15. The van der Waals surface area contributed by atoms with Crippen LogP contribution in [0.3, 0.4) is 0 Å². The number of aromatic nitrogens is 2. The molecule has 0 spiro atoms. The number of likely N-dealkylation sites (tertiary alicyclic amines) is 1. The number of carbonyl (C=O) groups excluding carboxylic acids is 2. The fraction of sp³-hybridized carbons (Fsp3) is 0.412. The molecule has 3 heterocycles. The summed E-state index contributed by atoms with van der Waals surface area (Å²) in [6, 6.07) is 9.59. The van der Waals surface area contributed by atoms with Crippen LogP contribution in [0.1, 0.15) is 36.4 Å². The van der Waals surface area contributed by atoms with Crippen LogP contribution >= 0.6 is 0 Å². The summed E-state index contributed by atoms with van der Waals surface area (Å²) in [6.07, 6.45) is 0.773. The topological polar surface area (TPSA) is 79.5 Å². The zero-order valence-corrected chi connectivity index (χ0v) is 13.4. The van der Waals surface area contributed by atoms with Crippen LogP contribution in [0.4, 0.5) is 5.69 Å². The van der Waals surface area contributed by atoms with Gasteiger partial charge in [-0.05, 0) is 12.1 Å². The van der Waals surface area contributed by atoms with Gasteiger partial charge in [-0.25, -0.2) is 0 Å². The third-order valence-corrected chi connectivity index (χ3v) is 4.71. The molecule has 2 saturated heterocycles. The minimum Gasteiger partial charge on any atom is -0.345 e. The molecule has 0 radical (unpaired) electrons. The fourth-order valence-corrected chi connectivity index (χ4v) is 3.35. The average molecular weight is 326 g/mol. The molecular formula is C17H18N4O3. The van der Waals surface area contributed by atoms with Crippen LogP contribution in [0.25, 0.3) is 0 Å². The molecule has 0 aliphatic carbocycles. The molecule has 2 aromatic rings. The molecule has 2 aliphatic heterocycles. The van der Waals surface area contributed by atoms with Crippen LogP contribution in [0, 0.1) is 0 Å². The Bertz CT molecular complexity index is 773. The average Bonchev–Trinajstić information content (AvgIpc) is 3.28. The molecule has 124 valence electrons. The van der Waals surface area contributed by atoms with E-state index in [0.29, 0.717) is 37.6 Å². The van der Waals surface area contributed by atoms with Gasteiger partial charge in [0.2, 0.25) is 17.7 Å². The Kier molecular flexibility index (Phi) is 3.55. The second-order valence-electron chi connectivity index (χ2n) is 6.41. The first-order valence-corrected chi connectivity index (χ1v) is 8.04. The molecule has 2 aliphatic rings. The van der Waals surface area contributed by atoms with Gasteiger partial charge in [0.15, 0.2) is 5.82 Å². The second kappa shape index (κ2) is 5.74. The Balaban J connectivity index is 1.50. The highest BCUT2D eigenvalue weighted by atomic mass is 16.5. The van der Waals surface area contributed by atoms with Crippen LogP contribution in [-0.4, -0.2) is 47.0 Å². The highest BCUT2D eigenvalue weighted by molar-refractivity contribution is 5.96. The standard InChI is InChI=1S/C17H18N4O3/c1-20-9-12(8-14(20)22)17-18-16(19-24-17)11-7-15(23)21(10-11)13-5-3-2-4-6-13/h2-6,11-12H,7-10H2,1H3. The third-order valence-electron chi connectivity index (χ3n) is 4.71. The van der Waals surface area contributed by atoms with Gasteiger partial charge < -0.3 is 14.3 Å². The molecule has 1 aromatic heterocycles. The predicted octanol–water partition coefficient (Wildman–Crippen LogP) is 1.54. The van der Waals surface area contributed by atoms with Crippen LogP contribution in [-0.2, 0) is 9.59 Å². The molecule has 2 amide bonds. The predicted molar refractivity (Wildman–Crippen MR) is 85.4 cm³/mol. The number of hydrogen-bond acceptors (Lipinski definition) is 5. The van der Waals surface area contributed by atoms with Gasteiger partial charge in [-0.15, -0.1) is 0 Å². The lowest BCUT2D eigenvalue weighted by atomic mass is 10.1. The first-order chi connectivity index (χ1) is 11.6. The van der Waals surface area contributed by atoms with Crippen molar-refractivity contribution in [2.75, 3.05) is 25.0 Å². The Morgan fingerprint density at radius 3 is 2.50 bits per heavy atom. The number of benzene rings is 1. The Morgan fingerprint density at radius 1 is 1.04 bits per heavy atom. The first-order valence-electron chi connectivity index (χ1n) is 8.04. The third kappa shape index (κ3) is 2.55. The van der Waals surface area contributed by atoms with Crippen LogP contribution < -0.4 is 4.90 Å². The van der Waals surface area contributed by atoms with Crippen LogP contribution in [0.2, 0.25) is 0 Å². The fourth-order valence-electron chi connectivity index (χ4n) is 3.35. The molecule has 4 rings (SSSR count). The van der Waals surface area contributed by atoms with Gasteiger partial charge in [0.05, 0.1) is 5.92 Å². The number of carbonyl (C=O) groups is 2. The minimum atomic E-state index is -0.0787. The van der Waals surface area contributed by atoms with Gasteiger partial charge >= 0.3 is 0 Å². The van der Waals surface area contributed by atoms with Gasteiger partial charge in [0, 0.05) is 44.6 Å². The molecule has 7 nitrogen and oxygen atoms in total. The summed E-state index contributed by atoms with van der Waals surface area (Å²) >= 11 is 0. The summed E-state index contributed by atoms with van der Waals surface area (Å²) in [4.78, 5) is 31.8. The van der Waals surface area contributed by atoms with E-state index in [1.807, 2.05) is 30.3 Å². The molecule has 24 heavy (non-hydrogen) atoms. The van der Waals surface area contributed by atoms with Crippen molar-refractivity contribution in [1.29, 1.82) is 0 Å². The van der Waals surface area contributed by atoms with Gasteiger partial charge in [-0.3, -0.25) is 9.59 Å². The number of nitrogens with zero attached hydrogens (tertiary/aromatic N) is 4. The van der Waals surface area contributed by atoms with E-state index in [1.54, 1.807) is 16.8 Å². The Hall–Kier alpha value is -2.70. The zero-order chi connectivity index (χ0) is 16.7. The highest BCUT2D eigenvalue weighted by Crippen LogP contribution is 2.32. The number of likely N-dealkylation sites (N-methyl/N-ethyl adjacent to an activating group) is 1. The number of anilines is 1. The molecule has 0 bridgehead atoms. The van der Waals surface area contributed by atoms with Crippen LogP contribution in [0.15, 0.2) is 34.9 Å². The second-order valence-corrected chi connectivity index (χ2v) is 6.41. The molecule has 0 N–H and O–H groups in total. The SMILES string of the molecule is CN1CC(c2nc(C3CC(=O)N(c4ccccc4)C3)no2)CC1=O. The molecule has 7 heteroatoms. The van der Waals surface area contributed by atoms with E-state index in [-0.39, 0.29) is 23.7 Å². The maximum atomic E-state index is 12.3. The summed E-state index contributed by atoms with van der Waals surface area (Å²) < 4.78 is 5.36. The molecule has 0 saturated carbocycles. The van der Waals surface area contributed by atoms with Crippen molar-refractivity contribution in [2.45, 2.75) is 24.7 Å². The van der Waals surface area contributed by atoms with E-state index >= 15 is 0 Å². The lowest BCUT2D eigenvalue weighted by Crippen LogP contribution is -2.24. The number of hydrogen-bond donors (Lipinski definition) is 0. The Labute approximate surface area is 139 Å². The van der Waals surface area contributed by atoms with Crippen LogP contribution in [0.5, 0.6) is 0 Å². The van der Waals surface area contributed by atoms with E-state index in [0.717, 1.165) is 5.69 Å². The van der Waals surface area contributed by atoms with Crippen molar-refractivity contribution >= 4 is 17.5 Å².